The van der Waals surface area contributed by atoms with Crippen LogP contribution in [0.2, 0.25) is 0 Å². The van der Waals surface area contributed by atoms with Crippen LogP contribution in [0.5, 0.6) is 0 Å². The fraction of sp³-hybridized carbons (Fsp3) is 0.846. The van der Waals surface area contributed by atoms with E-state index in [-0.39, 0.29) is 29.9 Å². The molecule has 0 aliphatic heterocycles. The molecule has 0 spiro atoms. The summed E-state index contributed by atoms with van der Waals surface area (Å²) in [5.41, 5.74) is -0.202. The number of carbonyl (C=O) groups excluding carboxylic acids is 2. The van der Waals surface area contributed by atoms with Gasteiger partial charge in [0.05, 0.1) is 12.6 Å². The highest BCUT2D eigenvalue weighted by Crippen LogP contribution is 2.05. The van der Waals surface area contributed by atoms with E-state index < -0.39 is 0 Å². The van der Waals surface area contributed by atoms with Gasteiger partial charge in [0.1, 0.15) is 0 Å². The van der Waals surface area contributed by atoms with Crippen molar-refractivity contribution in [3.63, 3.8) is 0 Å². The Morgan fingerprint density at radius 2 is 1.83 bits per heavy atom. The molecule has 18 heavy (non-hydrogen) atoms. The summed E-state index contributed by atoms with van der Waals surface area (Å²) in [7, 11) is 0. The van der Waals surface area contributed by atoms with E-state index in [2.05, 4.69) is 16.0 Å². The Morgan fingerprint density at radius 1 is 1.22 bits per heavy atom. The average Bonchev–Trinajstić information content (AvgIpc) is 2.32. The SMILES string of the molecule is CCCNC(=O)C(C)NCC(=O)NC(C)(C)CC. The molecule has 0 heterocycles. The highest BCUT2D eigenvalue weighted by atomic mass is 16.2. The summed E-state index contributed by atoms with van der Waals surface area (Å²) in [5.74, 6) is -0.156. The summed E-state index contributed by atoms with van der Waals surface area (Å²) in [4.78, 5) is 23.2. The van der Waals surface area contributed by atoms with Gasteiger partial charge in [-0.05, 0) is 33.6 Å². The van der Waals surface area contributed by atoms with Crippen LogP contribution in [0.15, 0.2) is 0 Å². The quantitative estimate of drug-likeness (QED) is 0.602. The molecule has 1 atom stereocenters. The van der Waals surface area contributed by atoms with Crippen LogP contribution in [0.25, 0.3) is 0 Å². The molecule has 0 aliphatic carbocycles. The van der Waals surface area contributed by atoms with Crippen molar-refractivity contribution in [1.29, 1.82) is 0 Å². The second-order valence-electron chi connectivity index (χ2n) is 5.18. The van der Waals surface area contributed by atoms with Crippen molar-refractivity contribution in [3.8, 4) is 0 Å². The number of hydrogen-bond donors (Lipinski definition) is 3. The standard InChI is InChI=1S/C13H27N3O2/c1-6-8-14-12(18)10(3)15-9-11(17)16-13(4,5)7-2/h10,15H,6-9H2,1-5H3,(H,14,18)(H,16,17). The van der Waals surface area contributed by atoms with Crippen LogP contribution in [0.4, 0.5) is 0 Å². The molecule has 0 rings (SSSR count). The lowest BCUT2D eigenvalue weighted by Crippen LogP contribution is -2.50. The van der Waals surface area contributed by atoms with Crippen LogP contribution >= 0.6 is 0 Å². The van der Waals surface area contributed by atoms with E-state index in [4.69, 9.17) is 0 Å². The molecule has 0 saturated heterocycles. The van der Waals surface area contributed by atoms with Gasteiger partial charge in [0.25, 0.3) is 0 Å². The van der Waals surface area contributed by atoms with Crippen molar-refractivity contribution in [1.82, 2.24) is 16.0 Å². The monoisotopic (exact) mass is 257 g/mol. The third kappa shape index (κ3) is 7.27. The van der Waals surface area contributed by atoms with Gasteiger partial charge in [-0.15, -0.1) is 0 Å². The Morgan fingerprint density at radius 3 is 2.33 bits per heavy atom. The van der Waals surface area contributed by atoms with Crippen LogP contribution < -0.4 is 16.0 Å². The summed E-state index contributed by atoms with van der Waals surface area (Å²) in [5, 5.41) is 8.61. The highest BCUT2D eigenvalue weighted by Gasteiger charge is 2.19. The second-order valence-corrected chi connectivity index (χ2v) is 5.18. The van der Waals surface area contributed by atoms with Gasteiger partial charge in [-0.1, -0.05) is 13.8 Å². The summed E-state index contributed by atoms with van der Waals surface area (Å²) in [6.45, 7) is 10.5. The predicted octanol–water partition coefficient (Wildman–Crippen LogP) is 0.796. The van der Waals surface area contributed by atoms with Crippen LogP contribution in [0, 0.1) is 0 Å². The lowest BCUT2D eigenvalue weighted by atomic mass is 10.0. The molecule has 0 aromatic rings. The Kier molecular flexibility index (Phi) is 7.59. The van der Waals surface area contributed by atoms with E-state index in [0.717, 1.165) is 12.8 Å². The van der Waals surface area contributed by atoms with Crippen LogP contribution in [-0.4, -0.2) is 36.5 Å². The Hall–Kier alpha value is -1.10. The molecular formula is C13H27N3O2. The van der Waals surface area contributed by atoms with E-state index >= 15 is 0 Å². The van der Waals surface area contributed by atoms with Crippen molar-refractivity contribution in [2.75, 3.05) is 13.1 Å². The first-order valence-corrected chi connectivity index (χ1v) is 6.64. The first-order chi connectivity index (χ1) is 8.32. The minimum atomic E-state index is -0.355. The van der Waals surface area contributed by atoms with E-state index in [1.54, 1.807) is 6.92 Å². The number of carbonyl (C=O) groups is 2. The molecule has 0 bridgehead atoms. The van der Waals surface area contributed by atoms with Crippen molar-refractivity contribution in [3.05, 3.63) is 0 Å². The predicted molar refractivity (Wildman–Crippen MR) is 73.3 cm³/mol. The van der Waals surface area contributed by atoms with Crippen LogP contribution in [-0.2, 0) is 9.59 Å². The summed E-state index contributed by atoms with van der Waals surface area (Å²) in [6.07, 6.45) is 1.77. The first kappa shape index (κ1) is 16.9. The minimum absolute atomic E-state index is 0.0700. The third-order valence-electron chi connectivity index (χ3n) is 2.87. The van der Waals surface area contributed by atoms with Gasteiger partial charge in [0, 0.05) is 12.1 Å². The molecule has 1 unspecified atom stereocenters. The number of rotatable bonds is 8. The van der Waals surface area contributed by atoms with Gasteiger partial charge in [0.2, 0.25) is 11.8 Å². The van der Waals surface area contributed by atoms with Crippen LogP contribution in [0.3, 0.4) is 0 Å². The zero-order valence-corrected chi connectivity index (χ0v) is 12.2. The molecule has 0 aliphatic rings. The molecule has 5 nitrogen and oxygen atoms in total. The fourth-order valence-corrected chi connectivity index (χ4v) is 1.25. The van der Waals surface area contributed by atoms with E-state index in [1.807, 2.05) is 27.7 Å². The molecule has 0 aromatic heterocycles. The molecule has 5 heteroatoms. The number of hydrogen-bond acceptors (Lipinski definition) is 3. The number of amides is 2. The Labute approximate surface area is 110 Å². The van der Waals surface area contributed by atoms with Gasteiger partial charge in [-0.2, -0.15) is 0 Å². The zero-order valence-electron chi connectivity index (χ0n) is 12.2. The van der Waals surface area contributed by atoms with Gasteiger partial charge >= 0.3 is 0 Å². The maximum atomic E-state index is 11.7. The smallest absolute Gasteiger partial charge is 0.236 e. The average molecular weight is 257 g/mol. The largest absolute Gasteiger partial charge is 0.355 e. The van der Waals surface area contributed by atoms with Gasteiger partial charge in [-0.25, -0.2) is 0 Å². The molecule has 2 amide bonds. The van der Waals surface area contributed by atoms with Gasteiger partial charge in [0.15, 0.2) is 0 Å². The lowest BCUT2D eigenvalue weighted by Gasteiger charge is -2.25. The maximum Gasteiger partial charge on any atom is 0.236 e. The molecular weight excluding hydrogens is 230 g/mol. The van der Waals surface area contributed by atoms with Crippen molar-refractivity contribution >= 4 is 11.8 Å². The lowest BCUT2D eigenvalue weighted by molar-refractivity contribution is -0.124. The normalized spacial score (nSPS) is 12.9. The topological polar surface area (TPSA) is 70.2 Å². The molecule has 0 saturated carbocycles. The zero-order chi connectivity index (χ0) is 14.2. The van der Waals surface area contributed by atoms with Crippen molar-refractivity contribution in [2.45, 2.75) is 59.0 Å². The van der Waals surface area contributed by atoms with Gasteiger partial charge in [-0.3, -0.25) is 14.9 Å². The third-order valence-corrected chi connectivity index (χ3v) is 2.87. The summed E-state index contributed by atoms with van der Waals surface area (Å²) in [6, 6.07) is -0.355. The Bertz CT molecular complexity index is 277. The number of nitrogens with one attached hydrogen (secondary N) is 3. The first-order valence-electron chi connectivity index (χ1n) is 6.64. The second kappa shape index (κ2) is 8.08. The van der Waals surface area contributed by atoms with E-state index in [9.17, 15) is 9.59 Å². The molecule has 0 fully saturated rings. The molecule has 0 radical (unpaired) electrons. The van der Waals surface area contributed by atoms with E-state index in [1.165, 1.54) is 0 Å². The molecule has 0 aromatic carbocycles. The van der Waals surface area contributed by atoms with Crippen LogP contribution in [0.1, 0.15) is 47.5 Å². The summed E-state index contributed by atoms with van der Waals surface area (Å²) < 4.78 is 0. The highest BCUT2D eigenvalue weighted by molar-refractivity contribution is 5.83. The van der Waals surface area contributed by atoms with Gasteiger partial charge < -0.3 is 10.6 Å². The van der Waals surface area contributed by atoms with Crippen molar-refractivity contribution < 1.29 is 9.59 Å². The van der Waals surface area contributed by atoms with E-state index in [0.29, 0.717) is 6.54 Å². The molecule has 3 N–H and O–H groups in total. The maximum absolute atomic E-state index is 11.7. The Balaban J connectivity index is 3.95. The van der Waals surface area contributed by atoms with Crippen molar-refractivity contribution in [2.24, 2.45) is 0 Å². The minimum Gasteiger partial charge on any atom is -0.355 e. The molecule has 106 valence electrons. The fourth-order valence-electron chi connectivity index (χ4n) is 1.25. The summed E-state index contributed by atoms with van der Waals surface area (Å²) >= 11 is 0.